The zero-order valence-electron chi connectivity index (χ0n) is 13.1. The maximum Gasteiger partial charge on any atom is 0.149 e. The molecule has 1 N–H and O–H groups in total. The third-order valence-electron chi connectivity index (χ3n) is 4.21. The molecule has 3 rings (SSSR count). The highest BCUT2D eigenvalue weighted by molar-refractivity contribution is 7.12. The molecular weight excluding hydrogens is 280 g/mol. The molecule has 0 aliphatic carbocycles. The molecule has 0 saturated carbocycles. The summed E-state index contributed by atoms with van der Waals surface area (Å²) in [6.07, 6.45) is 4.85. The molecule has 1 aliphatic heterocycles. The van der Waals surface area contributed by atoms with Crippen LogP contribution in [0, 0.1) is 6.92 Å². The normalized spacial score (nSPS) is 18.0. The molecule has 21 heavy (non-hydrogen) atoms. The number of nitrogens with zero attached hydrogens (tertiary/aromatic N) is 3. The molecule has 0 radical (unpaired) electrons. The number of thiophene rings is 1. The van der Waals surface area contributed by atoms with Gasteiger partial charge in [0.05, 0.1) is 6.04 Å². The Hall–Kier alpha value is -1.20. The van der Waals surface area contributed by atoms with Crippen LogP contribution in [0.5, 0.6) is 0 Å². The van der Waals surface area contributed by atoms with Crippen LogP contribution in [0.3, 0.4) is 0 Å². The third-order valence-corrected chi connectivity index (χ3v) is 5.40. The summed E-state index contributed by atoms with van der Waals surface area (Å²) in [4.78, 5) is 2.75. The number of fused-ring (bicyclic) bond motifs is 1. The van der Waals surface area contributed by atoms with Crippen molar-refractivity contribution in [3.63, 3.8) is 0 Å². The van der Waals surface area contributed by atoms with Gasteiger partial charge in [-0.3, -0.25) is 0 Å². The van der Waals surface area contributed by atoms with Crippen molar-refractivity contribution in [2.24, 2.45) is 0 Å². The second-order valence-electron chi connectivity index (χ2n) is 6.00. The van der Waals surface area contributed by atoms with Crippen LogP contribution < -0.4 is 5.32 Å². The van der Waals surface area contributed by atoms with Crippen molar-refractivity contribution < 1.29 is 0 Å². The average molecular weight is 304 g/mol. The highest BCUT2D eigenvalue weighted by Crippen LogP contribution is 2.25. The van der Waals surface area contributed by atoms with Gasteiger partial charge in [0, 0.05) is 28.8 Å². The van der Waals surface area contributed by atoms with Gasteiger partial charge in [-0.1, -0.05) is 6.42 Å². The predicted molar refractivity (Wildman–Crippen MR) is 86.6 cm³/mol. The molecule has 2 aromatic rings. The van der Waals surface area contributed by atoms with Crippen LogP contribution in [0.2, 0.25) is 0 Å². The number of hydrogen-bond donors (Lipinski definition) is 1. The van der Waals surface area contributed by atoms with Gasteiger partial charge in [0.15, 0.2) is 0 Å². The topological polar surface area (TPSA) is 42.7 Å². The monoisotopic (exact) mass is 304 g/mol. The van der Waals surface area contributed by atoms with Crippen LogP contribution in [-0.2, 0) is 13.0 Å². The highest BCUT2D eigenvalue weighted by Gasteiger charge is 2.21. The minimum absolute atomic E-state index is 0.224. The minimum Gasteiger partial charge on any atom is -0.314 e. The van der Waals surface area contributed by atoms with Crippen molar-refractivity contribution >= 4 is 11.3 Å². The van der Waals surface area contributed by atoms with E-state index in [1.165, 1.54) is 29.0 Å². The standard InChI is InChI=1S/C16H24N4S/c1-11-8-9-14(21-11)12(2)17-13(3)16-19-18-15-7-5-4-6-10-20(15)16/h8-9,12-13,17H,4-7,10H2,1-3H3. The van der Waals surface area contributed by atoms with Gasteiger partial charge in [-0.25, -0.2) is 0 Å². The Bertz CT molecular complexity index is 601. The van der Waals surface area contributed by atoms with Crippen LogP contribution in [0.15, 0.2) is 12.1 Å². The van der Waals surface area contributed by atoms with Crippen molar-refractivity contribution in [3.8, 4) is 0 Å². The molecule has 5 heteroatoms. The molecule has 0 bridgehead atoms. The van der Waals surface area contributed by atoms with E-state index in [-0.39, 0.29) is 6.04 Å². The highest BCUT2D eigenvalue weighted by atomic mass is 32.1. The van der Waals surface area contributed by atoms with E-state index in [1.807, 2.05) is 11.3 Å². The van der Waals surface area contributed by atoms with Crippen molar-refractivity contribution in [1.29, 1.82) is 0 Å². The van der Waals surface area contributed by atoms with E-state index in [4.69, 9.17) is 0 Å². The third kappa shape index (κ3) is 3.19. The van der Waals surface area contributed by atoms with Crippen LogP contribution in [0.25, 0.3) is 0 Å². The largest absolute Gasteiger partial charge is 0.314 e. The van der Waals surface area contributed by atoms with Crippen LogP contribution in [-0.4, -0.2) is 14.8 Å². The fraction of sp³-hybridized carbons (Fsp3) is 0.625. The fourth-order valence-corrected chi connectivity index (χ4v) is 3.93. The van der Waals surface area contributed by atoms with Crippen molar-refractivity contribution in [2.45, 2.75) is 65.1 Å². The lowest BCUT2D eigenvalue weighted by atomic mass is 10.2. The van der Waals surface area contributed by atoms with Crippen LogP contribution in [0.1, 0.15) is 66.6 Å². The van der Waals surface area contributed by atoms with Gasteiger partial charge in [0.1, 0.15) is 11.6 Å². The van der Waals surface area contributed by atoms with Gasteiger partial charge >= 0.3 is 0 Å². The molecule has 0 spiro atoms. The molecule has 0 amide bonds. The summed E-state index contributed by atoms with van der Waals surface area (Å²) in [6.45, 7) is 7.64. The molecule has 0 aromatic carbocycles. The molecule has 114 valence electrons. The SMILES string of the molecule is Cc1ccc(C(C)NC(C)c2nnc3n2CCCCC3)s1. The van der Waals surface area contributed by atoms with Crippen LogP contribution >= 0.6 is 11.3 Å². The molecule has 0 fully saturated rings. The van der Waals surface area contributed by atoms with Crippen molar-refractivity contribution in [2.75, 3.05) is 0 Å². The van der Waals surface area contributed by atoms with Crippen molar-refractivity contribution in [3.05, 3.63) is 33.5 Å². The first-order valence-corrected chi connectivity index (χ1v) is 8.71. The lowest BCUT2D eigenvalue weighted by Gasteiger charge is -2.19. The summed E-state index contributed by atoms with van der Waals surface area (Å²) in [5, 5.41) is 12.5. The first-order valence-electron chi connectivity index (χ1n) is 7.89. The second kappa shape index (κ2) is 6.28. The van der Waals surface area contributed by atoms with Crippen molar-refractivity contribution in [1.82, 2.24) is 20.1 Å². The summed E-state index contributed by atoms with van der Waals surface area (Å²) in [5.74, 6) is 2.25. The van der Waals surface area contributed by atoms with E-state index in [0.717, 1.165) is 24.6 Å². The smallest absolute Gasteiger partial charge is 0.149 e. The lowest BCUT2D eigenvalue weighted by Crippen LogP contribution is -2.25. The summed E-state index contributed by atoms with van der Waals surface area (Å²) >= 11 is 1.86. The van der Waals surface area contributed by atoms with Gasteiger partial charge < -0.3 is 9.88 Å². The summed E-state index contributed by atoms with van der Waals surface area (Å²) in [7, 11) is 0. The molecule has 2 atom stereocenters. The summed E-state index contributed by atoms with van der Waals surface area (Å²) in [6, 6.07) is 4.97. The number of aryl methyl sites for hydroxylation is 2. The molecule has 0 saturated heterocycles. The average Bonchev–Trinajstić information content (AvgIpc) is 2.99. The van der Waals surface area contributed by atoms with E-state index in [9.17, 15) is 0 Å². The number of hydrogen-bond acceptors (Lipinski definition) is 4. The minimum atomic E-state index is 0.224. The Kier molecular flexibility index (Phi) is 4.40. The van der Waals surface area contributed by atoms with E-state index < -0.39 is 0 Å². The lowest BCUT2D eigenvalue weighted by molar-refractivity contribution is 0.457. The fourth-order valence-electron chi connectivity index (χ4n) is 3.05. The van der Waals surface area contributed by atoms with E-state index in [2.05, 4.69) is 53.0 Å². The molecule has 2 aromatic heterocycles. The summed E-state index contributed by atoms with van der Waals surface area (Å²) < 4.78 is 2.33. The maximum atomic E-state index is 4.45. The zero-order valence-corrected chi connectivity index (χ0v) is 13.9. The number of aromatic nitrogens is 3. The Morgan fingerprint density at radius 3 is 2.76 bits per heavy atom. The Morgan fingerprint density at radius 2 is 2.00 bits per heavy atom. The molecule has 1 aliphatic rings. The molecule has 2 unspecified atom stereocenters. The van der Waals surface area contributed by atoms with Gasteiger partial charge in [-0.05, 0) is 45.7 Å². The summed E-state index contributed by atoms with van der Waals surface area (Å²) in [5.41, 5.74) is 0. The Labute approximate surface area is 130 Å². The zero-order chi connectivity index (χ0) is 14.8. The Morgan fingerprint density at radius 1 is 1.14 bits per heavy atom. The quantitative estimate of drug-likeness (QED) is 0.934. The first kappa shape index (κ1) is 14.7. The predicted octanol–water partition coefficient (Wildman–Crippen LogP) is 3.79. The van der Waals surface area contributed by atoms with E-state index in [1.54, 1.807) is 0 Å². The number of nitrogens with one attached hydrogen (secondary N) is 1. The van der Waals surface area contributed by atoms with Gasteiger partial charge in [-0.2, -0.15) is 0 Å². The van der Waals surface area contributed by atoms with E-state index >= 15 is 0 Å². The van der Waals surface area contributed by atoms with Gasteiger partial charge in [0.2, 0.25) is 0 Å². The first-order chi connectivity index (χ1) is 10.1. The Balaban J connectivity index is 1.73. The molecule has 4 nitrogen and oxygen atoms in total. The van der Waals surface area contributed by atoms with Gasteiger partial charge in [-0.15, -0.1) is 21.5 Å². The van der Waals surface area contributed by atoms with Crippen LogP contribution in [0.4, 0.5) is 0 Å². The van der Waals surface area contributed by atoms with E-state index in [0.29, 0.717) is 6.04 Å². The van der Waals surface area contributed by atoms with Gasteiger partial charge in [0.25, 0.3) is 0 Å². The molecule has 3 heterocycles. The number of rotatable bonds is 4. The maximum absolute atomic E-state index is 4.45. The second-order valence-corrected chi connectivity index (χ2v) is 7.31. The molecular formula is C16H24N4S.